The largest absolute Gasteiger partial charge is 0.504 e. The van der Waals surface area contributed by atoms with E-state index in [-0.39, 0.29) is 98.5 Å². The molecule has 0 radical (unpaired) electrons. The molecule has 7 atom stereocenters. The first-order valence-electron chi connectivity index (χ1n) is 37.7. The number of nitrogens with two attached hydrogens (primary N) is 1. The van der Waals surface area contributed by atoms with Gasteiger partial charge in [0.25, 0.3) is 0 Å². The first-order valence-corrected chi connectivity index (χ1v) is 42.5. The van der Waals surface area contributed by atoms with Gasteiger partial charge in [-0.3, -0.25) is 14.9 Å². The third-order valence-electron chi connectivity index (χ3n) is 19.2. The summed E-state index contributed by atoms with van der Waals surface area (Å²) in [5.41, 5.74) is 18.0. The monoisotopic (exact) mass is 2070 g/mol. The number of halogens is 13. The van der Waals surface area contributed by atoms with Crippen LogP contribution in [-0.2, 0) is 26.4 Å². The van der Waals surface area contributed by atoms with Crippen LogP contribution in [0, 0.1) is 40.5 Å². The number of nitro groups is 1. The number of aldehydes is 1. The summed E-state index contributed by atoms with van der Waals surface area (Å²) in [6.07, 6.45) is 0.132. The van der Waals surface area contributed by atoms with Gasteiger partial charge in [-0.15, -0.1) is 0 Å². The quantitative estimate of drug-likeness (QED) is 0.00798. The van der Waals surface area contributed by atoms with Crippen molar-refractivity contribution in [3.63, 3.8) is 0 Å². The van der Waals surface area contributed by atoms with Crippen molar-refractivity contribution in [2.45, 2.75) is 103 Å². The molecule has 4 aromatic carbocycles. The van der Waals surface area contributed by atoms with E-state index >= 15 is 0 Å². The Morgan fingerprint density at radius 2 is 0.815 bits per heavy atom. The van der Waals surface area contributed by atoms with Crippen molar-refractivity contribution in [1.82, 2.24) is 34.9 Å². The Hall–Kier alpha value is -8.73. The van der Waals surface area contributed by atoms with Gasteiger partial charge in [-0.05, 0) is 160 Å². The van der Waals surface area contributed by atoms with Crippen LogP contribution in [0.15, 0.2) is 128 Å². The Labute approximate surface area is 770 Å². The molecule has 0 amide bonds. The SMILES string of the molecule is C=CCOc1c(I)cc(CO)nc1Cl.CC1COc2c1cc(C(O)CN)nc2-c1ccc(F)c(Cl)c1.CC1COc2c1cc(C(O)C[N+](=O)[O-])nc2-c1ccc(F)c(Cl)c1.CC1COc2c1cc(C=O)nc2-c1ccc(F)c(Cl)c1.CC1COc2c1cc(CO)nc2-c1ccc(F)c(Cl)c1.CC1COc2c1cc(CO)nc2Cl.OCc1cc(I)c(O)c(Cl)n1. The van der Waals surface area contributed by atoms with E-state index in [0.717, 1.165) is 31.4 Å². The van der Waals surface area contributed by atoms with Gasteiger partial charge in [-0.1, -0.05) is 128 Å². The molecule has 7 aromatic heterocycles. The molecule has 0 saturated carbocycles. The second-order valence-electron chi connectivity index (χ2n) is 28.3. The molecule has 0 spiro atoms. The Morgan fingerprint density at radius 3 is 1.18 bits per heavy atom. The van der Waals surface area contributed by atoms with E-state index in [4.69, 9.17) is 136 Å². The summed E-state index contributed by atoms with van der Waals surface area (Å²) in [7, 11) is 0. The summed E-state index contributed by atoms with van der Waals surface area (Å²) in [6, 6.07) is 29.4. The smallest absolute Gasteiger partial charge is 0.235 e. The molecule has 38 heteroatoms. The summed E-state index contributed by atoms with van der Waals surface area (Å²) in [4.78, 5) is 50.1. The molecule has 16 rings (SSSR count). The topological polar surface area (TPSA) is 373 Å². The van der Waals surface area contributed by atoms with E-state index in [0.29, 0.717) is 174 Å². The number of hydrogen-bond donors (Lipinski definition) is 8. The van der Waals surface area contributed by atoms with Crippen molar-refractivity contribution in [3.05, 3.63) is 272 Å². The first-order chi connectivity index (χ1) is 59.1. The Balaban J connectivity index is 0.000000153. The lowest BCUT2D eigenvalue weighted by Crippen LogP contribution is -2.14. The zero-order valence-electron chi connectivity index (χ0n) is 66.2. The molecule has 124 heavy (non-hydrogen) atoms. The molecule has 5 aliphatic heterocycles. The molecule has 7 unspecified atom stereocenters. The number of benzene rings is 4. The zero-order chi connectivity index (χ0) is 90.2. The Bertz CT molecular complexity index is 5730. The third-order valence-corrected chi connectivity index (χ3v) is 22.7. The predicted molar refractivity (Wildman–Crippen MR) is 479 cm³/mol. The highest BCUT2D eigenvalue weighted by Gasteiger charge is 2.33. The van der Waals surface area contributed by atoms with E-state index in [1.807, 2.05) is 61.6 Å². The van der Waals surface area contributed by atoms with Crippen LogP contribution < -0.4 is 34.2 Å². The van der Waals surface area contributed by atoms with Crippen LogP contribution in [0.25, 0.3) is 45.0 Å². The fourth-order valence-corrected chi connectivity index (χ4v) is 15.9. The van der Waals surface area contributed by atoms with Crippen molar-refractivity contribution in [2.24, 2.45) is 5.73 Å². The van der Waals surface area contributed by atoms with Gasteiger partial charge in [-0.25, -0.2) is 52.4 Å². The van der Waals surface area contributed by atoms with Crippen LogP contribution in [-0.4, -0.2) is 135 Å². The summed E-state index contributed by atoms with van der Waals surface area (Å²) in [5, 5.41) is 76.3. The van der Waals surface area contributed by atoms with Crippen LogP contribution in [0.1, 0.15) is 149 Å². The van der Waals surface area contributed by atoms with Gasteiger partial charge in [0.1, 0.15) is 87.4 Å². The molecular formula is C86H78Cl7F4I2N9O16. The number of carbonyl (C=O) groups is 1. The lowest BCUT2D eigenvalue weighted by Gasteiger charge is -2.14. The third kappa shape index (κ3) is 23.9. The highest BCUT2D eigenvalue weighted by atomic mass is 127. The van der Waals surface area contributed by atoms with Gasteiger partial charge < -0.3 is 69.9 Å². The maximum absolute atomic E-state index is 13.4. The van der Waals surface area contributed by atoms with Crippen molar-refractivity contribution >= 4 is 133 Å². The molecule has 0 saturated heterocycles. The summed E-state index contributed by atoms with van der Waals surface area (Å²) >= 11 is 44.6. The minimum Gasteiger partial charge on any atom is -0.504 e. The van der Waals surface area contributed by atoms with Crippen molar-refractivity contribution in [1.29, 1.82) is 0 Å². The molecule has 654 valence electrons. The van der Waals surface area contributed by atoms with Crippen molar-refractivity contribution in [3.8, 4) is 85.3 Å². The van der Waals surface area contributed by atoms with E-state index in [1.54, 1.807) is 48.5 Å². The second kappa shape index (κ2) is 44.6. The van der Waals surface area contributed by atoms with Gasteiger partial charge in [0.05, 0.1) is 121 Å². The van der Waals surface area contributed by atoms with E-state index in [1.165, 1.54) is 54.6 Å². The molecule has 0 fully saturated rings. The Morgan fingerprint density at radius 1 is 0.484 bits per heavy atom. The molecule has 9 N–H and O–H groups in total. The summed E-state index contributed by atoms with van der Waals surface area (Å²) in [5.74, 6) is 2.69. The number of hydrogen-bond acceptors (Lipinski definition) is 24. The predicted octanol–water partition coefficient (Wildman–Crippen LogP) is 19.4. The Kier molecular flexibility index (Phi) is 35.1. The number of aliphatic hydroxyl groups excluding tert-OH is 6. The standard InChI is InChI=1S/C16H14ClFN2O4.C16H16ClFN2O2.C15H13ClFNO2.C15H11ClFNO2.C9H9ClINO2.C9H10ClNO2.C6H5ClINO2/c1-8-7-24-16-10(8)5-13(14(21)6-20(22)23)19-15(16)9-2-3-12(18)11(17)4-9;1-8-7-22-16-10(8)5-13(14(21)6-19)20-15(16)9-2-3-12(18)11(17)4-9;2*1-8-7-20-15-11(8)5-10(6-19)18-14(15)9-2-3-13(17)12(16)4-9;1-2-3-14-8-7(11)4-6(5-13)12-9(8)10;1-5-4-13-8-7(5)2-6(3-12)11-9(8)10;7-6-5(11)4(8)1-3(2-10)9-6/h2-5,8,14,21H,6-7H2,1H3;2-5,8,14,21H,6-7,19H2,1H3;2-5,8,19H,6-7H2,1H3;2-6,8H,7H2,1H3;2,4,13H,1,3,5H2;2,5,12H,3-4H2,1H3;1,10-11H,2H2. The molecule has 0 aliphatic carbocycles. The molecule has 25 nitrogen and oxygen atoms in total. The van der Waals surface area contributed by atoms with Crippen molar-refractivity contribution in [2.75, 3.05) is 52.7 Å². The highest BCUT2D eigenvalue weighted by molar-refractivity contribution is 14.1. The number of aromatic hydroxyl groups is 1. The second-order valence-corrected chi connectivity index (χ2v) is 33.3. The zero-order valence-corrected chi connectivity index (χ0v) is 75.8. The minimum absolute atomic E-state index is 0.0144. The summed E-state index contributed by atoms with van der Waals surface area (Å²) in [6.45, 7) is 15.7. The number of carbonyl (C=O) groups excluding carboxylic acids is 1. The van der Waals surface area contributed by atoms with Crippen molar-refractivity contribution < 1.29 is 91.4 Å². The van der Waals surface area contributed by atoms with E-state index < -0.39 is 46.9 Å². The summed E-state index contributed by atoms with van der Waals surface area (Å²) < 4.78 is 88.1. The number of fused-ring (bicyclic) bond motifs is 5. The van der Waals surface area contributed by atoms with Crippen LogP contribution in [0.4, 0.5) is 17.6 Å². The number of rotatable bonds is 17. The van der Waals surface area contributed by atoms with Crippen LogP contribution in [0.3, 0.4) is 0 Å². The fraction of sp³-hybridized carbons (Fsp3) is 0.279. The minimum atomic E-state index is -1.34. The van der Waals surface area contributed by atoms with Gasteiger partial charge >= 0.3 is 0 Å². The van der Waals surface area contributed by atoms with Crippen LogP contribution >= 0.6 is 126 Å². The maximum Gasteiger partial charge on any atom is 0.235 e. The highest BCUT2D eigenvalue weighted by Crippen LogP contribution is 2.48. The van der Waals surface area contributed by atoms with Crippen LogP contribution in [0.5, 0.6) is 40.2 Å². The number of aromatic nitrogens is 7. The average Bonchev–Trinajstić information content (AvgIpc) is 1.60. The molecule has 11 aromatic rings. The first kappa shape index (κ1) is 97.5. The normalized spacial score (nSPS) is 16.0. The maximum atomic E-state index is 13.4. The van der Waals surface area contributed by atoms with Gasteiger partial charge in [0.15, 0.2) is 45.1 Å². The lowest BCUT2D eigenvalue weighted by molar-refractivity contribution is -0.491. The fourth-order valence-electron chi connectivity index (χ4n) is 12.7. The van der Waals surface area contributed by atoms with Gasteiger partial charge in [0, 0.05) is 91.1 Å². The van der Waals surface area contributed by atoms with Gasteiger partial charge in [-0.2, -0.15) is 0 Å². The molecule has 12 heterocycles. The van der Waals surface area contributed by atoms with E-state index in [9.17, 15) is 47.8 Å². The van der Waals surface area contributed by atoms with Gasteiger partial charge in [0.2, 0.25) is 6.54 Å². The number of aliphatic hydroxyl groups is 6. The van der Waals surface area contributed by atoms with Crippen LogP contribution in [0.2, 0.25) is 35.5 Å². The lowest BCUT2D eigenvalue weighted by atomic mass is 9.99. The average molecular weight is 2070 g/mol. The number of nitrogens with zero attached hydrogens (tertiary/aromatic N) is 8. The number of ether oxygens (including phenoxy) is 6. The molecule has 0 bridgehead atoms. The molecule has 5 aliphatic rings. The molecular weight excluding hydrogens is 1990 g/mol. The number of pyridine rings is 7. The van der Waals surface area contributed by atoms with E-state index in [2.05, 4.69) is 77.9 Å².